The summed E-state index contributed by atoms with van der Waals surface area (Å²) in [5.74, 6) is -0.967. The molecular formula is C32H36FN5O4S2Si. The number of rotatable bonds is 8. The van der Waals surface area contributed by atoms with E-state index in [1.54, 1.807) is 12.1 Å². The fourth-order valence-corrected chi connectivity index (χ4v) is 7.26. The van der Waals surface area contributed by atoms with Crippen molar-refractivity contribution in [1.29, 1.82) is 0 Å². The predicted octanol–water partition coefficient (Wildman–Crippen LogP) is 6.91. The van der Waals surface area contributed by atoms with Crippen molar-refractivity contribution in [1.82, 2.24) is 20.2 Å². The molecule has 1 atom stereocenters. The molecule has 45 heavy (non-hydrogen) atoms. The van der Waals surface area contributed by atoms with Crippen LogP contribution in [0.15, 0.2) is 60.9 Å². The standard InChI is InChI=1S/C32H36FN5O4S2Si/c1-32(2,3)45(4,5)42-22-13-14-38(18-22)30(40)26-17-24-28(44-26)29(35-19-34-24)41-25-12-11-21(16-23(25)33)36-31(43)37-27(39)15-20-9-7-6-8-10-20/h6-12,16-17,19,22H,13-15,18H2,1-5H3,(H2,36,37,39,43). The Morgan fingerprint density at radius 1 is 1.13 bits per heavy atom. The van der Waals surface area contributed by atoms with Crippen LogP contribution in [0.3, 0.4) is 0 Å². The van der Waals surface area contributed by atoms with Gasteiger partial charge in [0.25, 0.3) is 5.91 Å². The number of benzene rings is 2. The number of halogens is 1. The van der Waals surface area contributed by atoms with Crippen molar-refractivity contribution in [2.75, 3.05) is 18.4 Å². The molecule has 2 aromatic carbocycles. The molecule has 0 spiro atoms. The van der Waals surface area contributed by atoms with Crippen LogP contribution in [0.25, 0.3) is 10.2 Å². The smallest absolute Gasteiger partial charge is 0.264 e. The van der Waals surface area contributed by atoms with Gasteiger partial charge in [-0.2, -0.15) is 0 Å². The number of thiophene rings is 1. The number of amides is 2. The first kappa shape index (κ1) is 32.6. The number of aromatic nitrogens is 2. The second-order valence-corrected chi connectivity index (χ2v) is 18.7. The molecule has 0 aliphatic carbocycles. The van der Waals surface area contributed by atoms with E-state index < -0.39 is 14.1 Å². The monoisotopic (exact) mass is 665 g/mol. The van der Waals surface area contributed by atoms with Gasteiger partial charge in [0.05, 0.1) is 22.9 Å². The number of carbonyl (C=O) groups excluding carboxylic acids is 2. The maximum absolute atomic E-state index is 15.1. The molecule has 2 N–H and O–H groups in total. The highest BCUT2D eigenvalue weighted by Gasteiger charge is 2.41. The van der Waals surface area contributed by atoms with Crippen LogP contribution in [-0.4, -0.2) is 59.3 Å². The van der Waals surface area contributed by atoms with Gasteiger partial charge in [-0.3, -0.25) is 9.59 Å². The molecule has 1 aliphatic rings. The van der Waals surface area contributed by atoms with Gasteiger partial charge >= 0.3 is 0 Å². The lowest BCUT2D eigenvalue weighted by Crippen LogP contribution is -2.44. The molecule has 1 aliphatic heterocycles. The fourth-order valence-electron chi connectivity index (χ4n) is 4.65. The van der Waals surface area contributed by atoms with Gasteiger partial charge < -0.3 is 24.7 Å². The molecule has 2 amide bonds. The van der Waals surface area contributed by atoms with E-state index in [0.717, 1.165) is 12.0 Å². The molecule has 0 radical (unpaired) electrons. The second kappa shape index (κ2) is 13.3. The van der Waals surface area contributed by atoms with E-state index in [1.165, 1.54) is 29.8 Å². The van der Waals surface area contributed by atoms with Gasteiger partial charge in [0.15, 0.2) is 25.0 Å². The number of nitrogens with one attached hydrogen (secondary N) is 2. The quantitative estimate of drug-likeness (QED) is 0.155. The Bertz CT molecular complexity index is 1730. The van der Waals surface area contributed by atoms with Crippen molar-refractivity contribution in [3.05, 3.63) is 77.2 Å². The minimum absolute atomic E-state index is 0.0169. The number of ether oxygens (including phenoxy) is 1. The summed E-state index contributed by atoms with van der Waals surface area (Å²) in [6, 6.07) is 15.2. The number of fused-ring (bicyclic) bond motifs is 1. The minimum Gasteiger partial charge on any atom is -0.434 e. The van der Waals surface area contributed by atoms with E-state index in [0.29, 0.717) is 33.9 Å². The number of hydrogen-bond acceptors (Lipinski definition) is 8. The molecule has 3 heterocycles. The van der Waals surface area contributed by atoms with Crippen LogP contribution < -0.4 is 15.4 Å². The van der Waals surface area contributed by atoms with Crippen molar-refractivity contribution in [3.8, 4) is 11.6 Å². The van der Waals surface area contributed by atoms with Crippen LogP contribution in [-0.2, 0) is 15.6 Å². The summed E-state index contributed by atoms with van der Waals surface area (Å²) in [5, 5.41) is 5.55. The average Bonchev–Trinajstić information content (AvgIpc) is 3.61. The Labute approximate surface area is 272 Å². The Morgan fingerprint density at radius 3 is 2.60 bits per heavy atom. The van der Waals surface area contributed by atoms with Gasteiger partial charge in [-0.15, -0.1) is 11.3 Å². The molecule has 1 unspecified atom stereocenters. The number of thiocarbonyl (C=S) groups is 1. The van der Waals surface area contributed by atoms with Crippen LogP contribution in [0, 0.1) is 5.82 Å². The lowest BCUT2D eigenvalue weighted by Gasteiger charge is -2.38. The van der Waals surface area contributed by atoms with E-state index >= 15 is 4.39 Å². The normalized spacial score (nSPS) is 15.2. The largest absolute Gasteiger partial charge is 0.434 e. The highest BCUT2D eigenvalue weighted by Crippen LogP contribution is 2.39. The molecule has 9 nitrogen and oxygen atoms in total. The van der Waals surface area contributed by atoms with Gasteiger partial charge in [-0.05, 0) is 60.5 Å². The van der Waals surface area contributed by atoms with E-state index in [2.05, 4.69) is 54.5 Å². The Balaban J connectivity index is 1.22. The molecule has 236 valence electrons. The van der Waals surface area contributed by atoms with Crippen LogP contribution in [0.5, 0.6) is 11.6 Å². The van der Waals surface area contributed by atoms with Crippen LogP contribution in [0.4, 0.5) is 10.1 Å². The minimum atomic E-state index is -1.95. The lowest BCUT2D eigenvalue weighted by atomic mass is 10.1. The zero-order chi connectivity index (χ0) is 32.4. The molecule has 5 rings (SSSR count). The number of likely N-dealkylation sites (tertiary alicyclic amines) is 1. The van der Waals surface area contributed by atoms with Gasteiger partial charge in [-0.25, -0.2) is 14.4 Å². The number of anilines is 1. The summed E-state index contributed by atoms with van der Waals surface area (Å²) >= 11 is 6.44. The third-order valence-electron chi connectivity index (χ3n) is 8.05. The second-order valence-electron chi connectivity index (χ2n) is 12.5. The zero-order valence-corrected chi connectivity index (χ0v) is 28.5. The third kappa shape index (κ3) is 7.90. The SMILES string of the molecule is CC(C)(C)[Si](C)(C)OC1CCN(C(=O)c2cc3ncnc(Oc4ccc(NC(=S)NC(=O)Cc5ccccc5)cc4F)c3s2)C1. The summed E-state index contributed by atoms with van der Waals surface area (Å²) in [4.78, 5) is 36.6. The van der Waals surface area contributed by atoms with Crippen molar-refractivity contribution < 1.29 is 23.1 Å². The summed E-state index contributed by atoms with van der Waals surface area (Å²) < 4.78 is 28.0. The van der Waals surface area contributed by atoms with Crippen LogP contribution in [0.1, 0.15) is 42.4 Å². The number of nitrogens with zero attached hydrogens (tertiary/aromatic N) is 3. The van der Waals surface area contributed by atoms with E-state index in [4.69, 9.17) is 21.4 Å². The fraction of sp³-hybridized carbons (Fsp3) is 0.344. The summed E-state index contributed by atoms with van der Waals surface area (Å²) in [6.45, 7) is 12.2. The maximum Gasteiger partial charge on any atom is 0.264 e. The van der Waals surface area contributed by atoms with Crippen molar-refractivity contribution >= 4 is 64.7 Å². The summed E-state index contributed by atoms with van der Waals surface area (Å²) in [7, 11) is -1.95. The Morgan fingerprint density at radius 2 is 1.89 bits per heavy atom. The third-order valence-corrected chi connectivity index (χ3v) is 13.9. The van der Waals surface area contributed by atoms with E-state index in [1.807, 2.05) is 35.2 Å². The summed E-state index contributed by atoms with van der Waals surface area (Å²) in [6.07, 6.45) is 2.30. The first-order chi connectivity index (χ1) is 21.3. The highest BCUT2D eigenvalue weighted by molar-refractivity contribution is 7.80. The van der Waals surface area contributed by atoms with Crippen molar-refractivity contribution in [2.45, 2.75) is 57.8 Å². The molecule has 4 aromatic rings. The number of carbonyl (C=O) groups is 2. The number of hydrogen-bond donors (Lipinski definition) is 2. The molecule has 0 saturated carbocycles. The van der Waals surface area contributed by atoms with Crippen molar-refractivity contribution in [2.24, 2.45) is 0 Å². The highest BCUT2D eigenvalue weighted by atomic mass is 32.1. The first-order valence-corrected chi connectivity index (χ1v) is 18.8. The van der Waals surface area contributed by atoms with Gasteiger partial charge in [0, 0.05) is 24.8 Å². The van der Waals surface area contributed by atoms with Gasteiger partial charge in [-0.1, -0.05) is 51.1 Å². The Hall–Kier alpha value is -3.78. The molecule has 0 bridgehead atoms. The molecule has 1 saturated heterocycles. The van der Waals surface area contributed by atoms with Crippen LogP contribution in [0.2, 0.25) is 18.1 Å². The van der Waals surface area contributed by atoms with Crippen LogP contribution >= 0.6 is 23.6 Å². The molecule has 2 aromatic heterocycles. The topological polar surface area (TPSA) is 106 Å². The average molecular weight is 666 g/mol. The van der Waals surface area contributed by atoms with E-state index in [9.17, 15) is 9.59 Å². The van der Waals surface area contributed by atoms with Gasteiger partial charge in [0.1, 0.15) is 11.0 Å². The zero-order valence-electron chi connectivity index (χ0n) is 25.8. The predicted molar refractivity (Wildman–Crippen MR) is 181 cm³/mol. The lowest BCUT2D eigenvalue weighted by molar-refractivity contribution is -0.119. The molecule has 1 fully saturated rings. The maximum atomic E-state index is 15.1. The first-order valence-electron chi connectivity index (χ1n) is 14.6. The molecular weight excluding hydrogens is 630 g/mol. The summed E-state index contributed by atoms with van der Waals surface area (Å²) in [5.41, 5.74) is 1.72. The Kier molecular flexibility index (Phi) is 9.63. The molecule has 13 heteroatoms. The van der Waals surface area contributed by atoms with E-state index in [-0.39, 0.29) is 46.1 Å². The van der Waals surface area contributed by atoms with Gasteiger partial charge in [0.2, 0.25) is 11.8 Å². The van der Waals surface area contributed by atoms with Crippen molar-refractivity contribution in [3.63, 3.8) is 0 Å².